The van der Waals surface area contributed by atoms with Gasteiger partial charge in [0.15, 0.2) is 0 Å². The van der Waals surface area contributed by atoms with E-state index in [0.717, 1.165) is 30.6 Å². The first-order valence-corrected chi connectivity index (χ1v) is 7.01. The van der Waals surface area contributed by atoms with Crippen LogP contribution in [-0.2, 0) is 4.79 Å². The highest BCUT2D eigenvalue weighted by molar-refractivity contribution is 7.10. The van der Waals surface area contributed by atoms with Gasteiger partial charge in [0.2, 0.25) is 5.91 Å². The van der Waals surface area contributed by atoms with E-state index in [0.29, 0.717) is 0 Å². The molecule has 1 amide bonds. The van der Waals surface area contributed by atoms with Crippen LogP contribution in [0.4, 0.5) is 0 Å². The second kappa shape index (κ2) is 5.19. The fraction of sp³-hybridized carbons (Fsp3) is 0.615. The largest absolute Gasteiger partial charge is 0.394 e. The van der Waals surface area contributed by atoms with Crippen molar-refractivity contribution in [3.05, 3.63) is 22.4 Å². The molecule has 1 fully saturated rings. The summed E-state index contributed by atoms with van der Waals surface area (Å²) in [5.41, 5.74) is -0.359. The Morgan fingerprint density at radius 2 is 2.29 bits per heavy atom. The Morgan fingerprint density at radius 1 is 1.59 bits per heavy atom. The average molecular weight is 253 g/mol. The summed E-state index contributed by atoms with van der Waals surface area (Å²) in [7, 11) is 0. The lowest BCUT2D eigenvalue weighted by atomic mass is 9.97. The van der Waals surface area contributed by atoms with Gasteiger partial charge in [-0.2, -0.15) is 0 Å². The zero-order valence-corrected chi connectivity index (χ0v) is 10.9. The lowest BCUT2D eigenvalue weighted by molar-refractivity contribution is -0.124. The summed E-state index contributed by atoms with van der Waals surface area (Å²) in [5, 5.41) is 14.5. The van der Waals surface area contributed by atoms with Gasteiger partial charge in [0.05, 0.1) is 18.1 Å². The van der Waals surface area contributed by atoms with Crippen molar-refractivity contribution in [2.24, 2.45) is 0 Å². The molecule has 0 aliphatic heterocycles. The molecule has 0 aromatic carbocycles. The minimum atomic E-state index is -0.359. The Hall–Kier alpha value is -0.870. The molecule has 1 unspecified atom stereocenters. The molecule has 1 saturated carbocycles. The van der Waals surface area contributed by atoms with E-state index in [1.807, 2.05) is 24.4 Å². The monoisotopic (exact) mass is 253 g/mol. The molecule has 0 bridgehead atoms. The molecule has 1 atom stereocenters. The van der Waals surface area contributed by atoms with Gasteiger partial charge >= 0.3 is 0 Å². The molecule has 2 rings (SSSR count). The second-order valence-corrected chi connectivity index (χ2v) is 5.85. The molecular weight excluding hydrogens is 234 g/mol. The zero-order chi connectivity index (χ0) is 12.3. The molecule has 0 radical (unpaired) electrons. The van der Waals surface area contributed by atoms with Gasteiger partial charge in [0.25, 0.3) is 0 Å². The Kier molecular flexibility index (Phi) is 3.84. The number of aliphatic hydroxyl groups is 1. The smallest absolute Gasteiger partial charge is 0.228 e. The Labute approximate surface area is 106 Å². The van der Waals surface area contributed by atoms with Crippen molar-refractivity contribution in [1.82, 2.24) is 5.32 Å². The highest BCUT2D eigenvalue weighted by Gasteiger charge is 2.35. The van der Waals surface area contributed by atoms with Crippen LogP contribution in [0, 0.1) is 0 Å². The maximum Gasteiger partial charge on any atom is 0.228 e. The molecule has 4 heteroatoms. The summed E-state index contributed by atoms with van der Waals surface area (Å²) in [5.74, 6) is -0.0950. The molecule has 1 heterocycles. The van der Waals surface area contributed by atoms with Crippen molar-refractivity contribution in [2.75, 3.05) is 6.61 Å². The first kappa shape index (κ1) is 12.6. The third kappa shape index (κ3) is 2.69. The van der Waals surface area contributed by atoms with E-state index in [1.54, 1.807) is 11.3 Å². The standard InChI is InChI=1S/C13H19NO2S/c1-10(11-5-4-8-17-11)12(16)14-13(9-15)6-2-3-7-13/h4-5,8,10,15H,2-3,6-7,9H2,1H3,(H,14,16). The first-order chi connectivity index (χ1) is 8.17. The third-order valence-electron chi connectivity index (χ3n) is 3.61. The van der Waals surface area contributed by atoms with Gasteiger partial charge in [0.1, 0.15) is 0 Å². The van der Waals surface area contributed by atoms with Crippen LogP contribution in [0.15, 0.2) is 17.5 Å². The number of rotatable bonds is 4. The van der Waals surface area contributed by atoms with Crippen molar-refractivity contribution >= 4 is 17.2 Å². The summed E-state index contributed by atoms with van der Waals surface area (Å²) < 4.78 is 0. The molecule has 1 aromatic rings. The molecule has 3 nitrogen and oxygen atoms in total. The van der Waals surface area contributed by atoms with Gasteiger partial charge in [0, 0.05) is 4.88 Å². The number of aliphatic hydroxyl groups excluding tert-OH is 1. The van der Waals surface area contributed by atoms with E-state index in [1.165, 1.54) is 0 Å². The van der Waals surface area contributed by atoms with Gasteiger partial charge in [-0.25, -0.2) is 0 Å². The van der Waals surface area contributed by atoms with Crippen molar-refractivity contribution < 1.29 is 9.90 Å². The van der Waals surface area contributed by atoms with Crippen LogP contribution >= 0.6 is 11.3 Å². The van der Waals surface area contributed by atoms with E-state index in [-0.39, 0.29) is 24.0 Å². The minimum Gasteiger partial charge on any atom is -0.394 e. The Bertz CT molecular complexity index is 369. The van der Waals surface area contributed by atoms with Crippen molar-refractivity contribution in [3.63, 3.8) is 0 Å². The molecule has 1 aliphatic carbocycles. The summed E-state index contributed by atoms with van der Waals surface area (Å²) >= 11 is 1.60. The SMILES string of the molecule is CC(C(=O)NC1(CO)CCCC1)c1cccs1. The van der Waals surface area contributed by atoms with Gasteiger partial charge in [-0.15, -0.1) is 11.3 Å². The number of amides is 1. The van der Waals surface area contributed by atoms with Crippen molar-refractivity contribution in [2.45, 2.75) is 44.1 Å². The predicted molar refractivity (Wildman–Crippen MR) is 69.2 cm³/mol. The molecule has 2 N–H and O–H groups in total. The van der Waals surface area contributed by atoms with E-state index >= 15 is 0 Å². The quantitative estimate of drug-likeness (QED) is 0.865. The van der Waals surface area contributed by atoms with Crippen LogP contribution in [0.5, 0.6) is 0 Å². The summed E-state index contributed by atoms with van der Waals surface area (Å²) in [6.45, 7) is 1.97. The molecule has 1 aromatic heterocycles. The fourth-order valence-electron chi connectivity index (χ4n) is 2.41. The van der Waals surface area contributed by atoms with E-state index in [2.05, 4.69) is 5.32 Å². The van der Waals surface area contributed by atoms with Crippen molar-refractivity contribution in [1.29, 1.82) is 0 Å². The van der Waals surface area contributed by atoms with E-state index in [4.69, 9.17) is 0 Å². The number of carbonyl (C=O) groups is 1. The molecule has 17 heavy (non-hydrogen) atoms. The van der Waals surface area contributed by atoms with Crippen LogP contribution < -0.4 is 5.32 Å². The van der Waals surface area contributed by atoms with E-state index in [9.17, 15) is 9.90 Å². The molecule has 0 spiro atoms. The maximum atomic E-state index is 12.1. The molecular formula is C13H19NO2S. The van der Waals surface area contributed by atoms with Gasteiger partial charge in [-0.3, -0.25) is 4.79 Å². The van der Waals surface area contributed by atoms with Gasteiger partial charge in [-0.1, -0.05) is 18.9 Å². The van der Waals surface area contributed by atoms with E-state index < -0.39 is 0 Å². The number of hydrogen-bond donors (Lipinski definition) is 2. The normalized spacial score (nSPS) is 20.1. The number of nitrogens with one attached hydrogen (secondary N) is 1. The third-order valence-corrected chi connectivity index (χ3v) is 4.67. The average Bonchev–Trinajstić information content (AvgIpc) is 2.99. The van der Waals surface area contributed by atoms with Crippen molar-refractivity contribution in [3.8, 4) is 0 Å². The van der Waals surface area contributed by atoms with Crippen LogP contribution in [-0.4, -0.2) is 23.2 Å². The summed E-state index contributed by atoms with van der Waals surface area (Å²) in [6.07, 6.45) is 3.97. The fourth-order valence-corrected chi connectivity index (χ4v) is 3.19. The highest BCUT2D eigenvalue weighted by Crippen LogP contribution is 2.30. The minimum absolute atomic E-state index is 0.0309. The van der Waals surface area contributed by atoms with Gasteiger partial charge < -0.3 is 10.4 Å². The lowest BCUT2D eigenvalue weighted by Crippen LogP contribution is -2.50. The van der Waals surface area contributed by atoms with Crippen LogP contribution in [0.25, 0.3) is 0 Å². The molecule has 1 aliphatic rings. The predicted octanol–water partition coefficient (Wildman–Crippen LogP) is 2.27. The Balaban J connectivity index is 2.01. The first-order valence-electron chi connectivity index (χ1n) is 6.13. The zero-order valence-electron chi connectivity index (χ0n) is 10.1. The second-order valence-electron chi connectivity index (χ2n) is 4.87. The summed E-state index contributed by atoms with van der Waals surface area (Å²) in [6, 6.07) is 3.94. The maximum absolute atomic E-state index is 12.1. The highest BCUT2D eigenvalue weighted by atomic mass is 32.1. The lowest BCUT2D eigenvalue weighted by Gasteiger charge is -2.29. The number of hydrogen-bond acceptors (Lipinski definition) is 3. The Morgan fingerprint density at radius 3 is 2.82 bits per heavy atom. The van der Waals surface area contributed by atoms with Crippen LogP contribution in [0.3, 0.4) is 0 Å². The van der Waals surface area contributed by atoms with Crippen LogP contribution in [0.1, 0.15) is 43.4 Å². The summed E-state index contributed by atoms with van der Waals surface area (Å²) in [4.78, 5) is 13.2. The molecule has 94 valence electrons. The number of carbonyl (C=O) groups excluding carboxylic acids is 1. The topological polar surface area (TPSA) is 49.3 Å². The van der Waals surface area contributed by atoms with Gasteiger partial charge in [-0.05, 0) is 31.2 Å². The number of thiophene rings is 1. The van der Waals surface area contributed by atoms with Crippen LogP contribution in [0.2, 0.25) is 0 Å². The molecule has 0 saturated heterocycles.